The van der Waals surface area contributed by atoms with Gasteiger partial charge in [-0.3, -0.25) is 4.79 Å². The molecule has 0 radical (unpaired) electrons. The minimum Gasteiger partial charge on any atom is -0.368 e. The minimum absolute atomic E-state index is 0.0570. The van der Waals surface area contributed by atoms with Crippen molar-refractivity contribution in [1.82, 2.24) is 14.9 Å². The van der Waals surface area contributed by atoms with Gasteiger partial charge >= 0.3 is 6.18 Å². The standard InChI is InChI=1S/C15H19F3N4O/c1-8-11(9(2)21-13(19)20-8)12(23)22-6-10-4-3-5-14(10,7-22)15(16,17)18/h10H,3-7H2,1-2H3,(H2,19,20,21)/t10-,14-/m0/s1. The number of hydrogen-bond acceptors (Lipinski definition) is 4. The number of amides is 1. The van der Waals surface area contributed by atoms with Gasteiger partial charge in [0.2, 0.25) is 5.95 Å². The number of nitrogens with zero attached hydrogens (tertiary/aromatic N) is 3. The number of fused-ring (bicyclic) bond motifs is 1. The number of carbonyl (C=O) groups excluding carboxylic acids is 1. The molecule has 1 saturated carbocycles. The van der Waals surface area contributed by atoms with E-state index in [1.807, 2.05) is 0 Å². The fourth-order valence-electron chi connectivity index (χ4n) is 4.12. The Balaban J connectivity index is 1.92. The van der Waals surface area contributed by atoms with E-state index in [2.05, 4.69) is 9.97 Å². The number of aryl methyl sites for hydroxylation is 2. The fourth-order valence-corrected chi connectivity index (χ4v) is 4.12. The summed E-state index contributed by atoms with van der Waals surface area (Å²) < 4.78 is 40.7. The van der Waals surface area contributed by atoms with Gasteiger partial charge in [0, 0.05) is 13.1 Å². The van der Waals surface area contributed by atoms with Crippen LogP contribution >= 0.6 is 0 Å². The van der Waals surface area contributed by atoms with E-state index in [0.717, 1.165) is 0 Å². The van der Waals surface area contributed by atoms with Gasteiger partial charge in [-0.15, -0.1) is 0 Å². The van der Waals surface area contributed by atoms with E-state index in [1.165, 1.54) is 4.90 Å². The van der Waals surface area contributed by atoms with Crippen LogP contribution < -0.4 is 5.73 Å². The van der Waals surface area contributed by atoms with Gasteiger partial charge in [0.15, 0.2) is 0 Å². The predicted octanol–water partition coefficient (Wildman–Crippen LogP) is 2.48. The predicted molar refractivity (Wildman–Crippen MR) is 77.7 cm³/mol. The second-order valence-electron chi connectivity index (χ2n) is 6.56. The highest BCUT2D eigenvalue weighted by atomic mass is 19.4. The average Bonchev–Trinajstić information content (AvgIpc) is 2.93. The molecule has 2 heterocycles. The SMILES string of the molecule is Cc1nc(N)nc(C)c1C(=O)N1C[C@@H]2CCC[C@]2(C(F)(F)F)C1. The van der Waals surface area contributed by atoms with E-state index in [1.54, 1.807) is 13.8 Å². The van der Waals surface area contributed by atoms with Gasteiger partial charge in [-0.1, -0.05) is 6.42 Å². The zero-order valence-corrected chi connectivity index (χ0v) is 13.1. The molecule has 2 fully saturated rings. The summed E-state index contributed by atoms with van der Waals surface area (Å²) in [5, 5.41) is 0. The highest BCUT2D eigenvalue weighted by Crippen LogP contribution is 2.57. The van der Waals surface area contributed by atoms with Crippen molar-refractivity contribution in [3.8, 4) is 0 Å². The van der Waals surface area contributed by atoms with Crippen LogP contribution in [-0.4, -0.2) is 40.0 Å². The summed E-state index contributed by atoms with van der Waals surface area (Å²) >= 11 is 0. The molecule has 0 aromatic carbocycles. The second kappa shape index (κ2) is 5.07. The van der Waals surface area contributed by atoms with E-state index in [-0.39, 0.29) is 31.0 Å². The zero-order chi connectivity index (χ0) is 17.0. The molecule has 8 heteroatoms. The Labute approximate surface area is 132 Å². The summed E-state index contributed by atoms with van der Waals surface area (Å²) in [6.45, 7) is 3.11. The Hall–Kier alpha value is -1.86. The summed E-state index contributed by atoms with van der Waals surface area (Å²) in [5.41, 5.74) is 4.85. The molecule has 2 atom stereocenters. The van der Waals surface area contributed by atoms with Gasteiger partial charge < -0.3 is 10.6 Å². The van der Waals surface area contributed by atoms with Crippen LogP contribution in [0.15, 0.2) is 0 Å². The van der Waals surface area contributed by atoms with Gasteiger partial charge in [0.1, 0.15) is 0 Å². The van der Waals surface area contributed by atoms with Crippen molar-refractivity contribution >= 4 is 11.9 Å². The number of nitrogens with two attached hydrogens (primary N) is 1. The molecule has 0 bridgehead atoms. The maximum Gasteiger partial charge on any atom is 0.396 e. The molecule has 2 aliphatic rings. The Bertz CT molecular complexity index is 638. The number of hydrogen-bond donors (Lipinski definition) is 1. The van der Waals surface area contributed by atoms with Crippen LogP contribution in [0.2, 0.25) is 0 Å². The van der Waals surface area contributed by atoms with Gasteiger partial charge in [0.05, 0.1) is 22.4 Å². The Kier molecular flexibility index (Phi) is 3.53. The molecule has 0 spiro atoms. The van der Waals surface area contributed by atoms with Crippen molar-refractivity contribution in [2.75, 3.05) is 18.8 Å². The molecular weight excluding hydrogens is 309 g/mol. The minimum atomic E-state index is -4.29. The quantitative estimate of drug-likeness (QED) is 0.860. The first-order valence-electron chi connectivity index (χ1n) is 7.62. The van der Waals surface area contributed by atoms with Crippen LogP contribution in [0, 0.1) is 25.2 Å². The summed E-state index contributed by atoms with van der Waals surface area (Å²) in [6.07, 6.45) is -3.11. The lowest BCUT2D eigenvalue weighted by atomic mass is 9.80. The largest absolute Gasteiger partial charge is 0.396 e. The molecule has 1 saturated heterocycles. The van der Waals surface area contributed by atoms with Gasteiger partial charge in [-0.2, -0.15) is 13.2 Å². The Morgan fingerprint density at radius 2 is 1.91 bits per heavy atom. The molecule has 1 aliphatic carbocycles. The van der Waals surface area contributed by atoms with Crippen LogP contribution in [0.1, 0.15) is 41.0 Å². The zero-order valence-electron chi connectivity index (χ0n) is 13.1. The lowest BCUT2D eigenvalue weighted by Gasteiger charge is -2.31. The Morgan fingerprint density at radius 3 is 2.43 bits per heavy atom. The topological polar surface area (TPSA) is 72.1 Å². The monoisotopic (exact) mass is 328 g/mol. The molecule has 0 unspecified atom stereocenters. The lowest BCUT2D eigenvalue weighted by molar-refractivity contribution is -0.226. The first-order chi connectivity index (χ1) is 10.7. The third kappa shape index (κ3) is 2.35. The second-order valence-corrected chi connectivity index (χ2v) is 6.56. The Morgan fingerprint density at radius 1 is 1.30 bits per heavy atom. The van der Waals surface area contributed by atoms with Crippen LogP contribution in [0.25, 0.3) is 0 Å². The van der Waals surface area contributed by atoms with Crippen LogP contribution in [0.3, 0.4) is 0 Å². The van der Waals surface area contributed by atoms with Crippen molar-refractivity contribution in [1.29, 1.82) is 0 Å². The smallest absolute Gasteiger partial charge is 0.368 e. The highest BCUT2D eigenvalue weighted by Gasteiger charge is 2.65. The first kappa shape index (κ1) is 16.0. The molecule has 1 aliphatic heterocycles. The maximum absolute atomic E-state index is 13.6. The third-order valence-electron chi connectivity index (χ3n) is 5.22. The highest BCUT2D eigenvalue weighted by molar-refractivity contribution is 5.96. The van der Waals surface area contributed by atoms with E-state index in [0.29, 0.717) is 24.2 Å². The summed E-state index contributed by atoms with van der Waals surface area (Å²) in [5.74, 6) is -0.888. The number of alkyl halides is 3. The van der Waals surface area contributed by atoms with Crippen molar-refractivity contribution in [3.63, 3.8) is 0 Å². The summed E-state index contributed by atoms with van der Waals surface area (Å²) in [4.78, 5) is 22.0. The maximum atomic E-state index is 13.6. The van der Waals surface area contributed by atoms with E-state index in [9.17, 15) is 18.0 Å². The van der Waals surface area contributed by atoms with Crippen molar-refractivity contribution < 1.29 is 18.0 Å². The average molecular weight is 328 g/mol. The van der Waals surface area contributed by atoms with Crippen molar-refractivity contribution in [2.45, 2.75) is 39.3 Å². The summed E-state index contributed by atoms with van der Waals surface area (Å²) in [6, 6.07) is 0. The number of likely N-dealkylation sites (tertiary alicyclic amines) is 1. The fraction of sp³-hybridized carbons (Fsp3) is 0.667. The number of rotatable bonds is 1. The third-order valence-corrected chi connectivity index (χ3v) is 5.22. The number of halogens is 3. The van der Waals surface area contributed by atoms with E-state index in [4.69, 9.17) is 5.73 Å². The number of anilines is 1. The number of carbonyl (C=O) groups is 1. The van der Waals surface area contributed by atoms with Crippen LogP contribution in [0.4, 0.5) is 19.1 Å². The molecular formula is C15H19F3N4O. The molecule has 5 nitrogen and oxygen atoms in total. The normalized spacial score (nSPS) is 27.3. The summed E-state index contributed by atoms with van der Waals surface area (Å²) in [7, 11) is 0. The van der Waals surface area contributed by atoms with Crippen LogP contribution in [-0.2, 0) is 0 Å². The molecule has 3 rings (SSSR count). The molecule has 1 aromatic rings. The molecule has 126 valence electrons. The van der Waals surface area contributed by atoms with E-state index >= 15 is 0 Å². The lowest BCUT2D eigenvalue weighted by Crippen LogP contribution is -2.42. The van der Waals surface area contributed by atoms with Gasteiger partial charge in [-0.25, -0.2) is 9.97 Å². The number of nitrogen functional groups attached to an aromatic ring is 1. The first-order valence-corrected chi connectivity index (χ1v) is 7.62. The molecule has 1 amide bonds. The molecule has 2 N–H and O–H groups in total. The van der Waals surface area contributed by atoms with Gasteiger partial charge in [0.25, 0.3) is 5.91 Å². The van der Waals surface area contributed by atoms with Crippen LogP contribution in [0.5, 0.6) is 0 Å². The van der Waals surface area contributed by atoms with Gasteiger partial charge in [-0.05, 0) is 32.6 Å². The van der Waals surface area contributed by atoms with Crippen molar-refractivity contribution in [3.05, 3.63) is 17.0 Å². The van der Waals surface area contributed by atoms with Crippen molar-refractivity contribution in [2.24, 2.45) is 11.3 Å². The van der Waals surface area contributed by atoms with E-state index < -0.39 is 23.4 Å². The molecule has 23 heavy (non-hydrogen) atoms. The number of aromatic nitrogens is 2. The molecule has 1 aromatic heterocycles.